The molecule has 0 radical (unpaired) electrons. The number of benzene rings is 1. The Morgan fingerprint density at radius 2 is 1.87 bits per heavy atom. The molecule has 1 heterocycles. The lowest BCUT2D eigenvalue weighted by Gasteiger charge is -2.29. The van der Waals surface area contributed by atoms with E-state index in [0.717, 1.165) is 11.3 Å². The first kappa shape index (κ1) is 10.3. The van der Waals surface area contributed by atoms with Crippen LogP contribution in [0.5, 0.6) is 0 Å². The molecule has 1 aromatic rings. The lowest BCUT2D eigenvalue weighted by atomic mass is 10.0. The molecule has 80 valence electrons. The first-order valence-electron chi connectivity index (χ1n) is 5.11. The maximum atomic E-state index is 10.1. The molecule has 1 aliphatic heterocycles. The van der Waals surface area contributed by atoms with Crippen LogP contribution in [0.3, 0.4) is 0 Å². The highest BCUT2D eigenvalue weighted by Gasteiger charge is 2.40. The molecule has 0 aromatic heterocycles. The number of aliphatic imine (C=N–C) groups is 1. The highest BCUT2D eigenvalue weighted by atomic mass is 16.5. The van der Waals surface area contributed by atoms with Crippen LogP contribution in [0.2, 0.25) is 0 Å². The van der Waals surface area contributed by atoms with Gasteiger partial charge in [-0.05, 0) is 26.3 Å². The molecule has 2 rings (SSSR count). The molecule has 1 aliphatic rings. The summed E-state index contributed by atoms with van der Waals surface area (Å²) in [5.41, 5.74) is 1.60. The maximum Gasteiger partial charge on any atom is 0.151 e. The minimum absolute atomic E-state index is 0.263. The van der Waals surface area contributed by atoms with Crippen LogP contribution in [0, 0.1) is 0 Å². The van der Waals surface area contributed by atoms with E-state index in [1.807, 2.05) is 51.1 Å². The third kappa shape index (κ3) is 1.58. The van der Waals surface area contributed by atoms with Gasteiger partial charge in [0, 0.05) is 5.71 Å². The Balaban J connectivity index is 2.35. The van der Waals surface area contributed by atoms with Gasteiger partial charge in [0.05, 0.1) is 5.54 Å². The number of hydrogen-bond acceptors (Lipinski definition) is 3. The Labute approximate surface area is 90.0 Å². The van der Waals surface area contributed by atoms with E-state index in [9.17, 15) is 5.21 Å². The molecule has 0 fully saturated rings. The van der Waals surface area contributed by atoms with Gasteiger partial charge in [-0.1, -0.05) is 30.3 Å². The molecule has 15 heavy (non-hydrogen) atoms. The standard InChI is InChI=1S/C12H16N2O/c1-9-12(2,3)14(15)11(13-9)10-7-5-4-6-8-10/h4-8,11,15H,1-3H3. The van der Waals surface area contributed by atoms with Crippen molar-refractivity contribution in [2.24, 2.45) is 4.99 Å². The van der Waals surface area contributed by atoms with E-state index < -0.39 is 0 Å². The Kier molecular flexibility index (Phi) is 2.37. The molecule has 0 spiro atoms. The van der Waals surface area contributed by atoms with E-state index in [4.69, 9.17) is 0 Å². The van der Waals surface area contributed by atoms with Crippen LogP contribution < -0.4 is 0 Å². The molecule has 0 amide bonds. The first-order chi connectivity index (χ1) is 7.03. The Hall–Kier alpha value is -1.19. The quantitative estimate of drug-likeness (QED) is 0.763. The molecular formula is C12H16N2O. The SMILES string of the molecule is CC1=NC(c2ccccc2)N(O)C1(C)C. The Morgan fingerprint density at radius 1 is 1.27 bits per heavy atom. The van der Waals surface area contributed by atoms with Gasteiger partial charge in [-0.15, -0.1) is 0 Å². The largest absolute Gasteiger partial charge is 0.311 e. The van der Waals surface area contributed by atoms with Crippen LogP contribution in [-0.2, 0) is 0 Å². The van der Waals surface area contributed by atoms with Crippen molar-refractivity contribution >= 4 is 5.71 Å². The van der Waals surface area contributed by atoms with Crippen molar-refractivity contribution in [3.05, 3.63) is 35.9 Å². The predicted molar refractivity (Wildman–Crippen MR) is 60.0 cm³/mol. The summed E-state index contributed by atoms with van der Waals surface area (Å²) >= 11 is 0. The zero-order chi connectivity index (χ0) is 11.1. The lowest BCUT2D eigenvalue weighted by Crippen LogP contribution is -2.42. The summed E-state index contributed by atoms with van der Waals surface area (Å²) in [5.74, 6) is 0. The normalized spacial score (nSPS) is 25.3. The van der Waals surface area contributed by atoms with Gasteiger partial charge in [0.1, 0.15) is 0 Å². The molecule has 1 atom stereocenters. The van der Waals surface area contributed by atoms with Crippen LogP contribution in [0.4, 0.5) is 0 Å². The van der Waals surface area contributed by atoms with Gasteiger partial charge < -0.3 is 5.21 Å². The molecule has 3 heteroatoms. The number of hydroxylamine groups is 2. The molecule has 0 saturated carbocycles. The summed E-state index contributed by atoms with van der Waals surface area (Å²) in [6, 6.07) is 9.83. The van der Waals surface area contributed by atoms with Crippen molar-refractivity contribution < 1.29 is 5.21 Å². The van der Waals surface area contributed by atoms with Crippen molar-refractivity contribution in [2.75, 3.05) is 0 Å². The molecule has 0 aliphatic carbocycles. The van der Waals surface area contributed by atoms with E-state index in [-0.39, 0.29) is 11.7 Å². The molecule has 3 nitrogen and oxygen atoms in total. The van der Waals surface area contributed by atoms with Gasteiger partial charge in [-0.25, -0.2) is 0 Å². The summed E-state index contributed by atoms with van der Waals surface area (Å²) in [6.07, 6.45) is -0.263. The first-order valence-corrected chi connectivity index (χ1v) is 5.11. The van der Waals surface area contributed by atoms with E-state index in [2.05, 4.69) is 4.99 Å². The summed E-state index contributed by atoms with van der Waals surface area (Å²) in [4.78, 5) is 4.49. The second-order valence-electron chi connectivity index (χ2n) is 4.40. The third-order valence-corrected chi connectivity index (χ3v) is 3.10. The topological polar surface area (TPSA) is 35.8 Å². The summed E-state index contributed by atoms with van der Waals surface area (Å²) in [5, 5.41) is 11.4. The van der Waals surface area contributed by atoms with E-state index in [0.29, 0.717) is 0 Å². The second-order valence-corrected chi connectivity index (χ2v) is 4.40. The van der Waals surface area contributed by atoms with Crippen LogP contribution in [0.1, 0.15) is 32.5 Å². The fourth-order valence-corrected chi connectivity index (χ4v) is 1.71. The van der Waals surface area contributed by atoms with Gasteiger partial charge >= 0.3 is 0 Å². The highest BCUT2D eigenvalue weighted by molar-refractivity contribution is 5.92. The van der Waals surface area contributed by atoms with Gasteiger partial charge in [0.15, 0.2) is 6.17 Å². The van der Waals surface area contributed by atoms with Crippen molar-refractivity contribution in [2.45, 2.75) is 32.5 Å². The van der Waals surface area contributed by atoms with Crippen molar-refractivity contribution in [3.63, 3.8) is 0 Å². The smallest absolute Gasteiger partial charge is 0.151 e. The lowest BCUT2D eigenvalue weighted by molar-refractivity contribution is -0.159. The molecular weight excluding hydrogens is 188 g/mol. The highest BCUT2D eigenvalue weighted by Crippen LogP contribution is 2.34. The summed E-state index contributed by atoms with van der Waals surface area (Å²) in [7, 11) is 0. The molecule has 0 bridgehead atoms. The second kappa shape index (κ2) is 3.43. The Morgan fingerprint density at radius 3 is 2.33 bits per heavy atom. The Bertz CT molecular complexity index is 384. The average molecular weight is 204 g/mol. The molecule has 1 unspecified atom stereocenters. The number of rotatable bonds is 1. The molecule has 1 N–H and O–H groups in total. The van der Waals surface area contributed by atoms with Crippen LogP contribution in [0.15, 0.2) is 35.3 Å². The van der Waals surface area contributed by atoms with Crippen molar-refractivity contribution in [1.82, 2.24) is 5.06 Å². The fraction of sp³-hybridized carbons (Fsp3) is 0.417. The van der Waals surface area contributed by atoms with Crippen LogP contribution in [0.25, 0.3) is 0 Å². The van der Waals surface area contributed by atoms with Crippen molar-refractivity contribution in [3.8, 4) is 0 Å². The van der Waals surface area contributed by atoms with Crippen molar-refractivity contribution in [1.29, 1.82) is 0 Å². The maximum absolute atomic E-state index is 10.1. The third-order valence-electron chi connectivity index (χ3n) is 3.10. The van der Waals surface area contributed by atoms with Gasteiger partial charge in [-0.3, -0.25) is 4.99 Å². The van der Waals surface area contributed by atoms with Gasteiger partial charge in [0.25, 0.3) is 0 Å². The summed E-state index contributed by atoms with van der Waals surface area (Å²) in [6.45, 7) is 5.88. The number of nitrogens with zero attached hydrogens (tertiary/aromatic N) is 2. The summed E-state index contributed by atoms with van der Waals surface area (Å²) < 4.78 is 0. The zero-order valence-corrected chi connectivity index (χ0v) is 9.31. The predicted octanol–water partition coefficient (Wildman–Crippen LogP) is 2.63. The van der Waals surface area contributed by atoms with E-state index >= 15 is 0 Å². The van der Waals surface area contributed by atoms with Gasteiger partial charge in [0.2, 0.25) is 0 Å². The molecule has 1 aromatic carbocycles. The minimum Gasteiger partial charge on any atom is -0.311 e. The van der Waals surface area contributed by atoms with E-state index in [1.165, 1.54) is 5.06 Å². The number of hydrogen-bond donors (Lipinski definition) is 1. The van der Waals surface area contributed by atoms with Crippen LogP contribution in [-0.4, -0.2) is 21.5 Å². The van der Waals surface area contributed by atoms with Gasteiger partial charge in [-0.2, -0.15) is 5.06 Å². The zero-order valence-electron chi connectivity index (χ0n) is 9.31. The minimum atomic E-state index is -0.374. The van der Waals surface area contributed by atoms with E-state index in [1.54, 1.807) is 0 Å². The monoisotopic (exact) mass is 204 g/mol. The molecule has 0 saturated heterocycles. The average Bonchev–Trinajstić information content (AvgIpc) is 2.44. The van der Waals surface area contributed by atoms with Crippen LogP contribution >= 0.6 is 0 Å². The fourth-order valence-electron chi connectivity index (χ4n) is 1.71.